The Balaban J connectivity index is 1.96. The van der Waals surface area contributed by atoms with E-state index in [4.69, 9.17) is 0 Å². The van der Waals surface area contributed by atoms with Gasteiger partial charge in [0, 0.05) is 13.1 Å². The molecule has 2 nitrogen and oxygen atoms in total. The molecule has 1 atom stereocenters. The number of rotatable bonds is 6. The topological polar surface area (TPSA) is 23.5 Å². The summed E-state index contributed by atoms with van der Waals surface area (Å²) in [5.41, 5.74) is 0.262. The van der Waals surface area contributed by atoms with Crippen LogP contribution in [-0.2, 0) is 5.60 Å². The normalized spacial score (nSPS) is 19.6. The number of likely N-dealkylation sites (N-methyl/N-ethyl adjacent to an activating group) is 1. The van der Waals surface area contributed by atoms with E-state index in [1.165, 1.54) is 19.3 Å². The highest BCUT2D eigenvalue weighted by Gasteiger charge is 2.28. The Morgan fingerprint density at radius 2 is 1.94 bits per heavy atom. The molecule has 18 heavy (non-hydrogen) atoms. The van der Waals surface area contributed by atoms with Crippen LogP contribution < -0.4 is 0 Å². The monoisotopic (exact) mass is 247 g/mol. The van der Waals surface area contributed by atoms with Crippen LogP contribution in [0, 0.1) is 5.92 Å². The standard InChI is InChI=1S/C16H25NO/c1-3-17(12-14-8-7-9-14)13-16(2,18)15-10-5-4-6-11-15/h4-6,10-11,14,18H,3,7-9,12-13H2,1-2H3. The molecule has 0 aromatic heterocycles. The Morgan fingerprint density at radius 1 is 1.28 bits per heavy atom. The van der Waals surface area contributed by atoms with E-state index in [1.807, 2.05) is 37.3 Å². The molecule has 0 bridgehead atoms. The Hall–Kier alpha value is -0.860. The van der Waals surface area contributed by atoms with Gasteiger partial charge in [0.25, 0.3) is 0 Å². The minimum atomic E-state index is -0.749. The summed E-state index contributed by atoms with van der Waals surface area (Å²) in [5.74, 6) is 0.858. The molecule has 2 heteroatoms. The smallest absolute Gasteiger partial charge is 0.0994 e. The second-order valence-electron chi connectivity index (χ2n) is 5.76. The van der Waals surface area contributed by atoms with Crippen molar-refractivity contribution in [2.45, 2.75) is 38.7 Å². The van der Waals surface area contributed by atoms with Gasteiger partial charge < -0.3 is 10.0 Å². The molecule has 1 aromatic carbocycles. The number of benzene rings is 1. The second-order valence-corrected chi connectivity index (χ2v) is 5.76. The van der Waals surface area contributed by atoms with Gasteiger partial charge in [0.05, 0.1) is 5.60 Å². The van der Waals surface area contributed by atoms with Crippen molar-refractivity contribution in [1.29, 1.82) is 0 Å². The maximum Gasteiger partial charge on any atom is 0.0994 e. The first-order valence-corrected chi connectivity index (χ1v) is 7.12. The van der Waals surface area contributed by atoms with E-state index in [2.05, 4.69) is 11.8 Å². The first kappa shape index (κ1) is 13.6. The van der Waals surface area contributed by atoms with Gasteiger partial charge in [-0.1, -0.05) is 43.7 Å². The zero-order valence-corrected chi connectivity index (χ0v) is 11.6. The van der Waals surface area contributed by atoms with E-state index in [1.54, 1.807) is 0 Å². The lowest BCUT2D eigenvalue weighted by Gasteiger charge is -2.36. The third kappa shape index (κ3) is 3.33. The lowest BCUT2D eigenvalue weighted by Crippen LogP contribution is -2.42. The van der Waals surface area contributed by atoms with Crippen LogP contribution in [0.15, 0.2) is 30.3 Å². The van der Waals surface area contributed by atoms with Crippen LogP contribution in [-0.4, -0.2) is 29.6 Å². The molecule has 1 unspecified atom stereocenters. The van der Waals surface area contributed by atoms with E-state index in [9.17, 15) is 5.11 Å². The molecule has 0 amide bonds. The molecule has 0 radical (unpaired) electrons. The van der Waals surface area contributed by atoms with E-state index in [0.717, 1.165) is 31.1 Å². The Bertz CT molecular complexity index is 357. The molecular weight excluding hydrogens is 222 g/mol. The maximum absolute atomic E-state index is 10.6. The predicted molar refractivity (Wildman–Crippen MR) is 75.5 cm³/mol. The van der Waals surface area contributed by atoms with Crippen LogP contribution in [0.4, 0.5) is 0 Å². The highest BCUT2D eigenvalue weighted by molar-refractivity contribution is 5.21. The van der Waals surface area contributed by atoms with Crippen LogP contribution in [0.5, 0.6) is 0 Å². The summed E-state index contributed by atoms with van der Waals surface area (Å²) in [5, 5.41) is 10.6. The highest BCUT2D eigenvalue weighted by Crippen LogP contribution is 2.28. The van der Waals surface area contributed by atoms with Gasteiger partial charge in [-0.3, -0.25) is 0 Å². The van der Waals surface area contributed by atoms with Crippen molar-refractivity contribution in [3.8, 4) is 0 Å². The molecule has 0 aliphatic heterocycles. The summed E-state index contributed by atoms with van der Waals surface area (Å²) in [6.45, 7) is 6.98. The number of aliphatic hydroxyl groups is 1. The average Bonchev–Trinajstić information content (AvgIpc) is 2.33. The molecule has 0 saturated heterocycles. The summed E-state index contributed by atoms with van der Waals surface area (Å²) < 4.78 is 0. The van der Waals surface area contributed by atoms with E-state index < -0.39 is 5.60 Å². The van der Waals surface area contributed by atoms with Crippen molar-refractivity contribution in [3.05, 3.63) is 35.9 Å². The van der Waals surface area contributed by atoms with Crippen molar-refractivity contribution in [2.24, 2.45) is 5.92 Å². The van der Waals surface area contributed by atoms with E-state index >= 15 is 0 Å². The molecule has 1 aliphatic carbocycles. The van der Waals surface area contributed by atoms with Gasteiger partial charge in [0.1, 0.15) is 0 Å². The van der Waals surface area contributed by atoms with Crippen molar-refractivity contribution in [2.75, 3.05) is 19.6 Å². The summed E-state index contributed by atoms with van der Waals surface area (Å²) in [7, 11) is 0. The fourth-order valence-electron chi connectivity index (χ4n) is 2.67. The Labute approximate surface area is 111 Å². The first-order chi connectivity index (χ1) is 8.62. The van der Waals surface area contributed by atoms with Gasteiger partial charge in [-0.25, -0.2) is 0 Å². The molecule has 2 rings (SSSR count). The predicted octanol–water partition coefficient (Wildman–Crippen LogP) is 3.02. The first-order valence-electron chi connectivity index (χ1n) is 7.12. The number of hydrogen-bond donors (Lipinski definition) is 1. The fourth-order valence-corrected chi connectivity index (χ4v) is 2.67. The zero-order chi connectivity index (χ0) is 13.0. The molecular formula is C16H25NO. The lowest BCUT2D eigenvalue weighted by molar-refractivity contribution is 0.00895. The average molecular weight is 247 g/mol. The van der Waals surface area contributed by atoms with Gasteiger partial charge in [-0.2, -0.15) is 0 Å². The third-order valence-corrected chi connectivity index (χ3v) is 4.12. The van der Waals surface area contributed by atoms with Crippen molar-refractivity contribution in [3.63, 3.8) is 0 Å². The van der Waals surface area contributed by atoms with Crippen LogP contribution in [0.2, 0.25) is 0 Å². The Morgan fingerprint density at radius 3 is 2.44 bits per heavy atom. The second kappa shape index (κ2) is 5.85. The van der Waals surface area contributed by atoms with E-state index in [0.29, 0.717) is 0 Å². The van der Waals surface area contributed by atoms with Crippen LogP contribution in [0.1, 0.15) is 38.7 Å². The van der Waals surface area contributed by atoms with Crippen LogP contribution in [0.3, 0.4) is 0 Å². The van der Waals surface area contributed by atoms with Crippen molar-refractivity contribution >= 4 is 0 Å². The molecule has 1 aliphatic rings. The van der Waals surface area contributed by atoms with Crippen molar-refractivity contribution < 1.29 is 5.11 Å². The van der Waals surface area contributed by atoms with E-state index in [-0.39, 0.29) is 0 Å². The molecule has 1 saturated carbocycles. The molecule has 1 N–H and O–H groups in total. The maximum atomic E-state index is 10.6. The molecule has 1 fully saturated rings. The summed E-state index contributed by atoms with van der Waals surface area (Å²) in [6.07, 6.45) is 4.12. The van der Waals surface area contributed by atoms with Gasteiger partial charge in [-0.15, -0.1) is 0 Å². The SMILES string of the molecule is CCN(CC1CCC1)CC(C)(O)c1ccccc1. The van der Waals surface area contributed by atoms with Crippen LogP contribution >= 0.6 is 0 Å². The zero-order valence-electron chi connectivity index (χ0n) is 11.6. The van der Waals surface area contributed by atoms with Crippen LogP contribution in [0.25, 0.3) is 0 Å². The van der Waals surface area contributed by atoms with Gasteiger partial charge in [-0.05, 0) is 37.8 Å². The summed E-state index contributed by atoms with van der Waals surface area (Å²) in [4.78, 5) is 2.39. The minimum absolute atomic E-state index is 0.726. The molecule has 0 spiro atoms. The van der Waals surface area contributed by atoms with Gasteiger partial charge >= 0.3 is 0 Å². The fraction of sp³-hybridized carbons (Fsp3) is 0.625. The quantitative estimate of drug-likeness (QED) is 0.835. The van der Waals surface area contributed by atoms with Crippen molar-refractivity contribution in [1.82, 2.24) is 4.90 Å². The third-order valence-electron chi connectivity index (χ3n) is 4.12. The lowest BCUT2D eigenvalue weighted by atomic mass is 9.84. The largest absolute Gasteiger partial charge is 0.384 e. The molecule has 100 valence electrons. The van der Waals surface area contributed by atoms with Gasteiger partial charge in [0.2, 0.25) is 0 Å². The summed E-state index contributed by atoms with van der Waals surface area (Å²) >= 11 is 0. The number of hydrogen-bond acceptors (Lipinski definition) is 2. The Kier molecular flexibility index (Phi) is 4.41. The van der Waals surface area contributed by atoms with Gasteiger partial charge in [0.15, 0.2) is 0 Å². The minimum Gasteiger partial charge on any atom is -0.384 e. The molecule has 0 heterocycles. The number of nitrogens with zero attached hydrogens (tertiary/aromatic N) is 1. The highest BCUT2D eigenvalue weighted by atomic mass is 16.3. The molecule has 1 aromatic rings. The summed E-state index contributed by atoms with van der Waals surface area (Å²) in [6, 6.07) is 10.00.